The number of fused-ring (bicyclic) bond motifs is 3. The van der Waals surface area contributed by atoms with Crippen molar-refractivity contribution in [3.05, 3.63) is 45.3 Å². The lowest BCUT2D eigenvalue weighted by atomic mass is 10.0. The fourth-order valence-corrected chi connectivity index (χ4v) is 4.24. The lowest BCUT2D eigenvalue weighted by molar-refractivity contribution is 0.366. The molecule has 6 nitrogen and oxygen atoms in total. The Labute approximate surface area is 170 Å². The summed E-state index contributed by atoms with van der Waals surface area (Å²) >= 11 is 0. The Balaban J connectivity index is 0.000000404. The van der Waals surface area contributed by atoms with E-state index in [0.717, 1.165) is 0 Å². The number of hydrogen-bond acceptors (Lipinski definition) is 4. The molecule has 0 N–H and O–H groups in total. The quantitative estimate of drug-likeness (QED) is 0.207. The fraction of sp³-hybridized carbons (Fsp3) is 0.143. The summed E-state index contributed by atoms with van der Waals surface area (Å²) in [5.74, 6) is 0. The van der Waals surface area contributed by atoms with Gasteiger partial charge in [0.2, 0.25) is 20.6 Å². The van der Waals surface area contributed by atoms with Crippen molar-refractivity contribution < 1.29 is 42.9 Å². The number of sulfone groups is 1. The van der Waals surface area contributed by atoms with Crippen LogP contribution in [0.15, 0.2) is 34.1 Å². The van der Waals surface area contributed by atoms with Crippen LogP contribution in [-0.2, 0) is 9.84 Å². The average molecular weight is 472 g/mol. The smallest absolute Gasteiger partial charge is 0.418 e. The van der Waals surface area contributed by atoms with E-state index in [2.05, 4.69) is 9.95 Å². The van der Waals surface area contributed by atoms with Gasteiger partial charge in [0, 0.05) is 22.3 Å². The van der Waals surface area contributed by atoms with Gasteiger partial charge in [-0.05, 0) is 26.0 Å². The van der Waals surface area contributed by atoms with Crippen molar-refractivity contribution in [2.75, 3.05) is 0 Å². The third kappa shape index (κ3) is 6.92. The first-order chi connectivity index (χ1) is 13.9. The molecular formula is C14H10B2F8N4O2S. The second kappa shape index (κ2) is 8.89. The summed E-state index contributed by atoms with van der Waals surface area (Å²) in [7, 11) is -15.7. The van der Waals surface area contributed by atoms with Gasteiger partial charge in [0.1, 0.15) is 0 Å². The summed E-state index contributed by atoms with van der Waals surface area (Å²) in [6.45, 7) is 3.48. The third-order valence-corrected chi connectivity index (χ3v) is 5.51. The highest BCUT2D eigenvalue weighted by Crippen LogP contribution is 2.47. The van der Waals surface area contributed by atoms with Crippen LogP contribution in [-0.4, -0.2) is 22.9 Å². The highest BCUT2D eigenvalue weighted by Gasteiger charge is 2.37. The predicted octanol–water partition coefficient (Wildman–Crippen LogP) is 6.69. The first-order valence-electron chi connectivity index (χ1n) is 7.89. The Morgan fingerprint density at radius 2 is 0.935 bits per heavy atom. The molecule has 166 valence electrons. The van der Waals surface area contributed by atoms with E-state index in [1.165, 1.54) is 12.1 Å². The average Bonchev–Trinajstić information content (AvgIpc) is 2.77. The van der Waals surface area contributed by atoms with E-state index in [4.69, 9.17) is 10.8 Å². The minimum atomic E-state index is -6.00. The van der Waals surface area contributed by atoms with E-state index in [0.29, 0.717) is 22.3 Å². The van der Waals surface area contributed by atoms with Crippen molar-refractivity contribution in [2.24, 2.45) is 0 Å². The van der Waals surface area contributed by atoms with Crippen molar-refractivity contribution in [2.45, 2.75) is 23.6 Å². The molecule has 1 heterocycles. The molecule has 0 atom stereocenters. The predicted molar refractivity (Wildman–Crippen MR) is 96.7 cm³/mol. The van der Waals surface area contributed by atoms with Crippen LogP contribution >= 0.6 is 0 Å². The Bertz CT molecular complexity index is 1100. The van der Waals surface area contributed by atoms with E-state index >= 15 is 0 Å². The molecule has 0 spiro atoms. The van der Waals surface area contributed by atoms with Crippen LogP contribution in [0.5, 0.6) is 0 Å². The SMILES string of the molecule is Cc1cc2c(cc1[N+]#N)S(=O)(=O)c1cc([N+]#N)c(C)cc1-2.F[B-](F)(F)F.F[B-](F)(F)F. The Morgan fingerprint density at radius 1 is 0.677 bits per heavy atom. The molecule has 2 aromatic rings. The second-order valence-electron chi connectivity index (χ2n) is 5.96. The van der Waals surface area contributed by atoms with Crippen LogP contribution in [0.3, 0.4) is 0 Å². The van der Waals surface area contributed by atoms with Gasteiger partial charge in [0.15, 0.2) is 9.95 Å². The van der Waals surface area contributed by atoms with Gasteiger partial charge in [-0.15, -0.1) is 0 Å². The molecule has 0 radical (unpaired) electrons. The summed E-state index contributed by atoms with van der Waals surface area (Å²) in [5.41, 5.74) is 2.92. The van der Waals surface area contributed by atoms with E-state index in [9.17, 15) is 42.9 Å². The number of benzene rings is 2. The second-order valence-corrected chi connectivity index (χ2v) is 7.85. The van der Waals surface area contributed by atoms with Gasteiger partial charge in [-0.1, -0.05) is 0 Å². The molecule has 0 fully saturated rings. The zero-order valence-corrected chi connectivity index (χ0v) is 16.3. The molecule has 2 aromatic carbocycles. The van der Waals surface area contributed by atoms with Gasteiger partial charge in [-0.2, -0.15) is 0 Å². The molecular weight excluding hydrogens is 462 g/mol. The van der Waals surface area contributed by atoms with Gasteiger partial charge in [-0.25, -0.2) is 8.42 Å². The van der Waals surface area contributed by atoms with E-state index in [-0.39, 0.29) is 21.2 Å². The summed E-state index contributed by atoms with van der Waals surface area (Å²) in [6, 6.07) is 6.07. The van der Waals surface area contributed by atoms with Crippen LogP contribution in [0.25, 0.3) is 21.1 Å². The van der Waals surface area contributed by atoms with Crippen molar-refractivity contribution in [1.82, 2.24) is 0 Å². The molecule has 3 rings (SSSR count). The van der Waals surface area contributed by atoms with Gasteiger partial charge in [-0.3, -0.25) is 0 Å². The van der Waals surface area contributed by atoms with Gasteiger partial charge >= 0.3 is 25.9 Å². The first-order valence-corrected chi connectivity index (χ1v) is 9.38. The molecule has 31 heavy (non-hydrogen) atoms. The number of aryl methyl sites for hydroxylation is 2. The number of diazo groups is 2. The molecule has 0 amide bonds. The molecule has 0 aromatic heterocycles. The third-order valence-electron chi connectivity index (χ3n) is 3.68. The fourth-order valence-electron chi connectivity index (χ4n) is 2.55. The molecule has 17 heteroatoms. The highest BCUT2D eigenvalue weighted by atomic mass is 32.2. The summed E-state index contributed by atoms with van der Waals surface area (Å²) in [5, 5.41) is 17.9. The Hall–Kier alpha value is -3.20. The molecule has 0 aliphatic carbocycles. The van der Waals surface area contributed by atoms with Crippen LogP contribution in [0.1, 0.15) is 11.1 Å². The normalized spacial score (nSPS) is 13.3. The number of halogens is 8. The van der Waals surface area contributed by atoms with E-state index in [1.54, 1.807) is 26.0 Å². The lowest BCUT2D eigenvalue weighted by Crippen LogP contribution is -2.02. The van der Waals surface area contributed by atoms with Crippen LogP contribution < -0.4 is 0 Å². The molecule has 0 saturated heterocycles. The van der Waals surface area contributed by atoms with Crippen LogP contribution in [0, 0.1) is 24.6 Å². The van der Waals surface area contributed by atoms with Crippen molar-refractivity contribution in [3.8, 4) is 11.1 Å². The maximum atomic E-state index is 12.6. The first kappa shape index (κ1) is 25.8. The zero-order chi connectivity index (χ0) is 24.4. The minimum Gasteiger partial charge on any atom is -0.418 e. The van der Waals surface area contributed by atoms with Crippen LogP contribution in [0.4, 0.5) is 45.9 Å². The van der Waals surface area contributed by atoms with Crippen molar-refractivity contribution in [1.29, 1.82) is 10.8 Å². The van der Waals surface area contributed by atoms with Crippen LogP contribution in [0.2, 0.25) is 0 Å². The Kier molecular flexibility index (Phi) is 7.41. The van der Waals surface area contributed by atoms with Crippen molar-refractivity contribution in [3.63, 3.8) is 0 Å². The molecule has 0 unspecified atom stereocenters. The van der Waals surface area contributed by atoms with E-state index < -0.39 is 24.3 Å². The maximum absolute atomic E-state index is 12.6. The maximum Gasteiger partial charge on any atom is 0.673 e. The van der Waals surface area contributed by atoms with Gasteiger partial charge in [0.05, 0.1) is 21.9 Å². The summed E-state index contributed by atoms with van der Waals surface area (Å²) in [4.78, 5) is 6.41. The number of rotatable bonds is 0. The highest BCUT2D eigenvalue weighted by molar-refractivity contribution is 7.92. The van der Waals surface area contributed by atoms with Crippen molar-refractivity contribution >= 4 is 35.7 Å². The Morgan fingerprint density at radius 3 is 1.16 bits per heavy atom. The topological polar surface area (TPSA) is 90.4 Å². The lowest BCUT2D eigenvalue weighted by Gasteiger charge is -1.99. The number of nitrogens with zero attached hydrogens (tertiary/aromatic N) is 4. The minimum absolute atomic E-state index is 0.102. The van der Waals surface area contributed by atoms with E-state index in [1.807, 2.05) is 0 Å². The zero-order valence-electron chi connectivity index (χ0n) is 15.5. The van der Waals surface area contributed by atoms with Gasteiger partial charge < -0.3 is 34.5 Å². The van der Waals surface area contributed by atoms with Gasteiger partial charge in [0.25, 0.3) is 0 Å². The molecule has 0 bridgehead atoms. The standard InChI is InChI=1S/C14H10N4O2S.2BF4/c1-7-3-9-10-4-8(2)12(18-16)6-14(10)21(19,20)13(9)5-11(7)17-15;2*2-1(3,4)5/h3-6H,1-2H3;;/q+2;2*-1. The summed E-state index contributed by atoms with van der Waals surface area (Å²) in [6.07, 6.45) is 0. The largest absolute Gasteiger partial charge is 0.673 e. The molecule has 1 aliphatic heterocycles. The molecule has 0 saturated carbocycles. The number of hydrogen-bond donors (Lipinski definition) is 0. The summed E-state index contributed by atoms with van der Waals surface area (Å²) < 4.78 is 103. The molecule has 1 aliphatic rings. The monoisotopic (exact) mass is 472 g/mol.